The average molecular weight is 296 g/mol. The number of nitrogens with one attached hydrogen (secondary N) is 1. The molecule has 1 aromatic carbocycles. The number of nitrogens with zero attached hydrogens (tertiary/aromatic N) is 1. The van der Waals surface area contributed by atoms with E-state index in [2.05, 4.69) is 33.3 Å². The molecule has 0 saturated heterocycles. The van der Waals surface area contributed by atoms with Gasteiger partial charge in [0.2, 0.25) is 0 Å². The van der Waals surface area contributed by atoms with Crippen molar-refractivity contribution in [3.05, 3.63) is 28.4 Å². The van der Waals surface area contributed by atoms with Crippen LogP contribution < -0.4 is 16.0 Å². The standard InChI is InChI=1S/C12H14BrN3O/c1-3-7-6-9(16-14)11-8(13)4-5-10(17-2)12(11)15-7/h4-6H,3,14H2,1-2H3,(H,15,16). The summed E-state index contributed by atoms with van der Waals surface area (Å²) in [4.78, 5) is 4.58. The van der Waals surface area contributed by atoms with Crippen molar-refractivity contribution in [3.8, 4) is 5.75 Å². The molecule has 0 spiro atoms. The summed E-state index contributed by atoms with van der Waals surface area (Å²) in [5.41, 5.74) is 5.34. The Hall–Kier alpha value is -1.33. The summed E-state index contributed by atoms with van der Waals surface area (Å²) in [6.07, 6.45) is 0.848. The van der Waals surface area contributed by atoms with Gasteiger partial charge in [-0.15, -0.1) is 0 Å². The van der Waals surface area contributed by atoms with Crippen LogP contribution in [0.1, 0.15) is 12.6 Å². The van der Waals surface area contributed by atoms with E-state index in [1.54, 1.807) is 7.11 Å². The number of nitrogens with two attached hydrogens (primary N) is 1. The molecule has 2 aromatic rings. The molecular formula is C12H14BrN3O. The highest BCUT2D eigenvalue weighted by atomic mass is 79.9. The topological polar surface area (TPSA) is 60.2 Å². The molecule has 0 saturated carbocycles. The molecule has 17 heavy (non-hydrogen) atoms. The van der Waals surface area contributed by atoms with Gasteiger partial charge in [-0.2, -0.15) is 0 Å². The lowest BCUT2D eigenvalue weighted by Gasteiger charge is -2.12. The molecule has 0 bridgehead atoms. The number of aromatic nitrogens is 1. The minimum absolute atomic E-state index is 0.745. The Kier molecular flexibility index (Phi) is 3.49. The third kappa shape index (κ3) is 2.08. The van der Waals surface area contributed by atoms with E-state index >= 15 is 0 Å². The van der Waals surface area contributed by atoms with Crippen molar-refractivity contribution in [3.63, 3.8) is 0 Å². The zero-order valence-electron chi connectivity index (χ0n) is 9.75. The Morgan fingerprint density at radius 1 is 1.47 bits per heavy atom. The van der Waals surface area contributed by atoms with Gasteiger partial charge in [0.1, 0.15) is 11.3 Å². The van der Waals surface area contributed by atoms with E-state index in [9.17, 15) is 0 Å². The predicted molar refractivity (Wildman–Crippen MR) is 73.2 cm³/mol. The van der Waals surface area contributed by atoms with Crippen LogP contribution >= 0.6 is 15.9 Å². The zero-order valence-corrected chi connectivity index (χ0v) is 11.3. The first kappa shape index (κ1) is 12.1. The summed E-state index contributed by atoms with van der Waals surface area (Å²) in [6, 6.07) is 5.76. The van der Waals surface area contributed by atoms with E-state index in [0.717, 1.165) is 38.9 Å². The smallest absolute Gasteiger partial charge is 0.145 e. The molecule has 3 N–H and O–H groups in total. The number of halogens is 1. The molecule has 5 heteroatoms. The normalized spacial score (nSPS) is 10.6. The summed E-state index contributed by atoms with van der Waals surface area (Å²) in [7, 11) is 1.64. The Labute approximate surface area is 108 Å². The third-order valence-corrected chi connectivity index (χ3v) is 3.32. The van der Waals surface area contributed by atoms with E-state index in [-0.39, 0.29) is 0 Å². The number of pyridine rings is 1. The van der Waals surface area contributed by atoms with E-state index in [0.29, 0.717) is 0 Å². The molecule has 90 valence electrons. The maximum Gasteiger partial charge on any atom is 0.145 e. The van der Waals surface area contributed by atoms with Crippen molar-refractivity contribution in [2.24, 2.45) is 5.84 Å². The molecule has 0 unspecified atom stereocenters. The molecule has 1 aromatic heterocycles. The highest BCUT2D eigenvalue weighted by Gasteiger charge is 2.12. The fourth-order valence-corrected chi connectivity index (χ4v) is 2.32. The van der Waals surface area contributed by atoms with Crippen LogP contribution in [-0.4, -0.2) is 12.1 Å². The van der Waals surface area contributed by atoms with Gasteiger partial charge in [-0.25, -0.2) is 4.98 Å². The monoisotopic (exact) mass is 295 g/mol. The number of hydrogen-bond acceptors (Lipinski definition) is 4. The Balaban J connectivity index is 2.86. The van der Waals surface area contributed by atoms with Crippen molar-refractivity contribution >= 4 is 32.5 Å². The quantitative estimate of drug-likeness (QED) is 0.675. The van der Waals surface area contributed by atoms with Gasteiger partial charge in [0.15, 0.2) is 0 Å². The molecule has 1 heterocycles. The lowest BCUT2D eigenvalue weighted by molar-refractivity contribution is 0.418. The van der Waals surface area contributed by atoms with Crippen LogP contribution in [0.3, 0.4) is 0 Å². The number of hydrazine groups is 1. The van der Waals surface area contributed by atoms with Gasteiger partial charge < -0.3 is 10.2 Å². The average Bonchev–Trinajstić information content (AvgIpc) is 2.37. The van der Waals surface area contributed by atoms with Crippen LogP contribution in [0.2, 0.25) is 0 Å². The number of hydrogen-bond donors (Lipinski definition) is 2. The predicted octanol–water partition coefficient (Wildman–Crippen LogP) is 2.85. The first-order valence-electron chi connectivity index (χ1n) is 5.34. The maximum absolute atomic E-state index is 5.56. The van der Waals surface area contributed by atoms with Crippen molar-refractivity contribution in [2.75, 3.05) is 12.5 Å². The van der Waals surface area contributed by atoms with Gasteiger partial charge in [-0.05, 0) is 24.6 Å². The molecule has 0 aliphatic rings. The second kappa shape index (κ2) is 4.89. The van der Waals surface area contributed by atoms with Crippen LogP contribution in [-0.2, 0) is 6.42 Å². The lowest BCUT2D eigenvalue weighted by Crippen LogP contribution is -2.09. The van der Waals surface area contributed by atoms with Gasteiger partial charge in [-0.3, -0.25) is 5.84 Å². The number of methoxy groups -OCH3 is 1. The number of fused-ring (bicyclic) bond motifs is 1. The molecule has 0 amide bonds. The van der Waals surface area contributed by atoms with E-state index in [1.807, 2.05) is 18.2 Å². The van der Waals surface area contributed by atoms with Gasteiger partial charge >= 0.3 is 0 Å². The van der Waals surface area contributed by atoms with Crippen molar-refractivity contribution in [1.82, 2.24) is 4.98 Å². The second-order valence-electron chi connectivity index (χ2n) is 3.63. The molecule has 0 aliphatic heterocycles. The fourth-order valence-electron chi connectivity index (χ4n) is 1.79. The summed E-state index contributed by atoms with van der Waals surface area (Å²) in [6.45, 7) is 2.05. The van der Waals surface area contributed by atoms with Gasteiger partial charge in [-0.1, -0.05) is 22.9 Å². The van der Waals surface area contributed by atoms with Crippen LogP contribution in [0, 0.1) is 0 Å². The number of ether oxygens (including phenoxy) is 1. The van der Waals surface area contributed by atoms with E-state index < -0.39 is 0 Å². The Morgan fingerprint density at radius 2 is 2.24 bits per heavy atom. The van der Waals surface area contributed by atoms with Crippen LogP contribution in [0.5, 0.6) is 5.75 Å². The van der Waals surface area contributed by atoms with E-state index in [1.165, 1.54) is 0 Å². The Morgan fingerprint density at radius 3 is 2.82 bits per heavy atom. The number of aryl methyl sites for hydroxylation is 1. The van der Waals surface area contributed by atoms with Gasteiger partial charge in [0.25, 0.3) is 0 Å². The number of rotatable bonds is 3. The number of anilines is 1. The van der Waals surface area contributed by atoms with Gasteiger partial charge in [0.05, 0.1) is 12.8 Å². The third-order valence-electron chi connectivity index (χ3n) is 2.66. The molecule has 4 nitrogen and oxygen atoms in total. The summed E-state index contributed by atoms with van der Waals surface area (Å²) < 4.78 is 6.27. The largest absolute Gasteiger partial charge is 0.494 e. The molecule has 2 rings (SSSR count). The lowest BCUT2D eigenvalue weighted by atomic mass is 10.1. The molecule has 0 atom stereocenters. The second-order valence-corrected chi connectivity index (χ2v) is 4.49. The maximum atomic E-state index is 5.56. The minimum Gasteiger partial charge on any atom is -0.494 e. The SMILES string of the molecule is CCc1cc(NN)c2c(Br)ccc(OC)c2n1. The van der Waals surface area contributed by atoms with Crippen LogP contribution in [0.15, 0.2) is 22.7 Å². The van der Waals surface area contributed by atoms with Crippen molar-refractivity contribution in [2.45, 2.75) is 13.3 Å². The molecule has 0 fully saturated rings. The fraction of sp³-hybridized carbons (Fsp3) is 0.250. The summed E-state index contributed by atoms with van der Waals surface area (Å²) in [5.74, 6) is 6.31. The first-order chi connectivity index (χ1) is 8.21. The minimum atomic E-state index is 0.745. The van der Waals surface area contributed by atoms with Crippen molar-refractivity contribution in [1.29, 1.82) is 0 Å². The molecule has 0 aliphatic carbocycles. The molecular weight excluding hydrogens is 282 g/mol. The van der Waals surface area contributed by atoms with E-state index in [4.69, 9.17) is 10.6 Å². The highest BCUT2D eigenvalue weighted by molar-refractivity contribution is 9.10. The van der Waals surface area contributed by atoms with Crippen molar-refractivity contribution < 1.29 is 4.74 Å². The highest BCUT2D eigenvalue weighted by Crippen LogP contribution is 2.35. The first-order valence-corrected chi connectivity index (χ1v) is 6.13. The van der Waals surface area contributed by atoms with Crippen LogP contribution in [0.4, 0.5) is 5.69 Å². The van der Waals surface area contributed by atoms with Crippen LogP contribution in [0.25, 0.3) is 10.9 Å². The number of benzene rings is 1. The number of nitrogen functional groups attached to an aromatic ring is 1. The zero-order chi connectivity index (χ0) is 12.4. The summed E-state index contributed by atoms with van der Waals surface area (Å²) in [5, 5.41) is 0.934. The Bertz CT molecular complexity index is 557. The summed E-state index contributed by atoms with van der Waals surface area (Å²) >= 11 is 3.51. The molecule has 0 radical (unpaired) electrons. The van der Waals surface area contributed by atoms with Gasteiger partial charge in [0, 0.05) is 15.6 Å².